The van der Waals surface area contributed by atoms with E-state index in [2.05, 4.69) is 79.9 Å². The van der Waals surface area contributed by atoms with Crippen molar-refractivity contribution in [3.05, 3.63) is 148 Å². The van der Waals surface area contributed by atoms with Gasteiger partial charge in [0.25, 0.3) is 0 Å². The highest BCUT2D eigenvalue weighted by molar-refractivity contribution is 6.36. The van der Waals surface area contributed by atoms with E-state index in [1.54, 1.807) is 98.0 Å². The van der Waals surface area contributed by atoms with Crippen LogP contribution < -0.4 is 29.8 Å². The van der Waals surface area contributed by atoms with Crippen molar-refractivity contribution in [1.29, 1.82) is 0 Å². The van der Waals surface area contributed by atoms with E-state index in [1.165, 1.54) is 34.2 Å². The predicted molar refractivity (Wildman–Crippen MR) is 339 cm³/mol. The summed E-state index contributed by atoms with van der Waals surface area (Å²) in [7, 11) is 0. The fourth-order valence-electron chi connectivity index (χ4n) is 11.1. The van der Waals surface area contributed by atoms with Gasteiger partial charge in [0.1, 0.15) is 57.7 Å². The Morgan fingerprint density at radius 2 is 1.09 bits per heavy atom. The van der Waals surface area contributed by atoms with E-state index in [1.807, 2.05) is 17.3 Å². The van der Waals surface area contributed by atoms with Crippen molar-refractivity contribution in [2.24, 2.45) is 0 Å². The van der Waals surface area contributed by atoms with Crippen molar-refractivity contribution in [2.45, 2.75) is 105 Å². The molecular weight excluding hydrogens is 1170 g/mol. The molecule has 0 unspecified atom stereocenters. The van der Waals surface area contributed by atoms with Crippen molar-refractivity contribution in [3.63, 3.8) is 0 Å². The number of ether oxygens (including phenoxy) is 4. The topological polar surface area (TPSA) is 177 Å². The fourth-order valence-corrected chi connectivity index (χ4v) is 11.4. The molecule has 89 heavy (non-hydrogen) atoms. The maximum Gasteiger partial charge on any atom is 0.421 e. The molecule has 18 nitrogen and oxygen atoms in total. The van der Waals surface area contributed by atoms with Crippen LogP contribution in [-0.2, 0) is 29.8 Å². The predicted octanol–water partition coefficient (Wildman–Crippen LogP) is 14.5. The molecule has 12 rings (SSSR count). The molecule has 0 bridgehead atoms. The third kappa shape index (κ3) is 13.7. The Balaban J connectivity index is 0.000000164. The average Bonchev–Trinajstić information content (AvgIpc) is 1.73. The number of carbonyl (C=O) groups is 2. The number of anilines is 9. The summed E-state index contributed by atoms with van der Waals surface area (Å²) in [5, 5.41) is 3.61. The number of carbonyl (C=O) groups excluding carboxylic acids is 2. The molecule has 0 saturated carbocycles. The molecule has 4 aliphatic heterocycles. The summed E-state index contributed by atoms with van der Waals surface area (Å²) in [4.78, 5) is 62.8. The number of benzene rings is 2. The molecule has 1 N–H and O–H groups in total. The Labute approximate surface area is 520 Å². The average molecular weight is 1240 g/mol. The third-order valence-electron chi connectivity index (χ3n) is 15.3. The molecular formula is C66H73ClF4N12O6. The molecule has 2 amide bonds. The van der Waals surface area contributed by atoms with Crippen LogP contribution in [-0.4, -0.2) is 119 Å². The van der Waals surface area contributed by atoms with E-state index in [0.29, 0.717) is 36.6 Å². The van der Waals surface area contributed by atoms with Gasteiger partial charge in [0, 0.05) is 97.9 Å². The first-order chi connectivity index (χ1) is 42.1. The molecule has 10 heterocycles. The van der Waals surface area contributed by atoms with Crippen LogP contribution in [0.5, 0.6) is 0 Å². The van der Waals surface area contributed by atoms with Gasteiger partial charge in [-0.05, 0) is 91.8 Å². The standard InChI is InChI=1S/C33H36F2N6O3.C20H18ClF2N3O2.C13H19N3O/c1-20-28(40-19-33(5,6)29-25(40)17-22(18-37-29)39-11-13-43-14-12-39)27-23(35)15-21(34)16-24(27)38-30(20)41(26-9-7-8-10-36-26)31(42)44-32(2,3)4;1-11-17(21)16-13(23)9-12(22)10-14(16)25-18(11)26(15-7-5-6-8-24-15)19(27)28-20(2,3)4;1-13(2)9-15-11-7-10(8-14-12(11)13)16-3-5-17-6-4-16/h7-10,15-18H,11-14,19H2,1-6H3;5-10H,1-4H3;7-8,15H,3-6,9H2,1-2H3. The second kappa shape index (κ2) is 25.2. The van der Waals surface area contributed by atoms with E-state index in [4.69, 9.17) is 35.5 Å². The van der Waals surface area contributed by atoms with Gasteiger partial charge < -0.3 is 39.0 Å². The SMILES string of the molecule is CC1(C)CNc2cc(N3CCOCC3)cnc21.Cc1c(N(C(=O)OC(C)(C)C)c2ccccn2)nc2cc(F)cc(F)c2c1Cl.Cc1c(N(C(=O)OC(C)(C)C)c2ccccn2)nc2cc(F)cc(F)c2c1N1CC(C)(C)c2ncc(N3CCOCC3)cc21. The van der Waals surface area contributed by atoms with E-state index in [-0.39, 0.29) is 55.5 Å². The van der Waals surface area contributed by atoms with Crippen LogP contribution in [0.2, 0.25) is 5.02 Å². The lowest BCUT2D eigenvalue weighted by Gasteiger charge is -2.31. The summed E-state index contributed by atoms with van der Waals surface area (Å²) in [6, 6.07) is 18.2. The zero-order chi connectivity index (χ0) is 63.9. The number of hydrogen-bond acceptors (Lipinski definition) is 16. The van der Waals surface area contributed by atoms with Crippen molar-refractivity contribution < 1.29 is 46.1 Å². The molecule has 0 radical (unpaired) electrons. The molecule has 2 aromatic carbocycles. The number of morpholine rings is 2. The number of nitrogens with one attached hydrogen (secondary N) is 1. The Morgan fingerprint density at radius 3 is 1.58 bits per heavy atom. The number of amides is 2. The number of pyridine rings is 6. The van der Waals surface area contributed by atoms with Gasteiger partial charge in [0.2, 0.25) is 0 Å². The summed E-state index contributed by atoms with van der Waals surface area (Å²) in [6.07, 6.45) is 5.48. The largest absolute Gasteiger partial charge is 0.443 e. The van der Waals surface area contributed by atoms with Gasteiger partial charge in [-0.25, -0.2) is 56.9 Å². The van der Waals surface area contributed by atoms with Crippen LogP contribution in [0.15, 0.2) is 97.6 Å². The van der Waals surface area contributed by atoms with E-state index in [9.17, 15) is 22.8 Å². The lowest BCUT2D eigenvalue weighted by molar-refractivity contribution is 0.0585. The second-order valence-corrected chi connectivity index (χ2v) is 25.8. The lowest BCUT2D eigenvalue weighted by atomic mass is 9.91. The Bertz CT molecular complexity index is 3950. The minimum Gasteiger partial charge on any atom is -0.443 e. The molecule has 6 aromatic heterocycles. The van der Waals surface area contributed by atoms with Crippen molar-refractivity contribution in [1.82, 2.24) is 29.9 Å². The summed E-state index contributed by atoms with van der Waals surface area (Å²) in [5.41, 5.74) is 5.68. The van der Waals surface area contributed by atoms with Gasteiger partial charge in [0.15, 0.2) is 0 Å². The summed E-state index contributed by atoms with van der Waals surface area (Å²) < 4.78 is 80.7. The molecule has 468 valence electrons. The molecule has 8 aromatic rings. The van der Waals surface area contributed by atoms with Gasteiger partial charge in [-0.3, -0.25) is 9.97 Å². The van der Waals surface area contributed by atoms with Crippen LogP contribution in [0.4, 0.5) is 78.9 Å². The molecule has 23 heteroatoms. The second-order valence-electron chi connectivity index (χ2n) is 25.4. The van der Waals surface area contributed by atoms with Gasteiger partial charge in [0.05, 0.1) is 105 Å². The van der Waals surface area contributed by atoms with Crippen LogP contribution in [0.25, 0.3) is 21.8 Å². The Morgan fingerprint density at radius 1 is 0.618 bits per heavy atom. The van der Waals surface area contributed by atoms with Crippen LogP contribution in [0.1, 0.15) is 91.8 Å². The molecule has 0 atom stereocenters. The molecule has 2 saturated heterocycles. The highest BCUT2D eigenvalue weighted by Crippen LogP contribution is 2.50. The first-order valence-corrected chi connectivity index (χ1v) is 29.8. The molecule has 4 aliphatic rings. The third-order valence-corrected chi connectivity index (χ3v) is 15.7. The van der Waals surface area contributed by atoms with Crippen LogP contribution in [0, 0.1) is 37.1 Å². The van der Waals surface area contributed by atoms with Gasteiger partial charge in [-0.1, -0.05) is 51.4 Å². The van der Waals surface area contributed by atoms with Gasteiger partial charge in [-0.2, -0.15) is 0 Å². The van der Waals surface area contributed by atoms with Crippen molar-refractivity contribution in [3.8, 4) is 0 Å². The zero-order valence-electron chi connectivity index (χ0n) is 52.1. The number of aromatic nitrogens is 6. The summed E-state index contributed by atoms with van der Waals surface area (Å²) in [5.74, 6) is -2.42. The Kier molecular flexibility index (Phi) is 18.0. The quantitative estimate of drug-likeness (QED) is 0.149. The normalized spacial score (nSPS) is 15.9. The first kappa shape index (κ1) is 63.5. The molecule has 2 fully saturated rings. The maximum atomic E-state index is 15.9. The minimum absolute atomic E-state index is 0.0190. The molecule has 0 aliphatic carbocycles. The van der Waals surface area contributed by atoms with Crippen LogP contribution in [0.3, 0.4) is 0 Å². The monoisotopic (exact) mass is 1240 g/mol. The smallest absolute Gasteiger partial charge is 0.421 e. The first-order valence-electron chi connectivity index (χ1n) is 29.4. The van der Waals surface area contributed by atoms with Crippen molar-refractivity contribution >= 4 is 97.3 Å². The van der Waals surface area contributed by atoms with E-state index in [0.717, 1.165) is 86.1 Å². The van der Waals surface area contributed by atoms with Gasteiger partial charge >= 0.3 is 12.2 Å². The number of fused-ring (bicyclic) bond motifs is 4. The number of hydrogen-bond donors (Lipinski definition) is 1. The summed E-state index contributed by atoms with van der Waals surface area (Å²) in [6.45, 7) is 30.2. The highest BCUT2D eigenvalue weighted by Gasteiger charge is 2.41. The number of rotatable bonds is 7. The number of nitrogens with zero attached hydrogens (tertiary/aromatic N) is 11. The molecule has 0 spiro atoms. The van der Waals surface area contributed by atoms with E-state index < -0.39 is 52.1 Å². The number of halogens is 5. The lowest BCUT2D eigenvalue weighted by Crippen LogP contribution is -2.36. The van der Waals surface area contributed by atoms with E-state index >= 15 is 4.39 Å². The van der Waals surface area contributed by atoms with Crippen LogP contribution >= 0.6 is 11.6 Å². The maximum absolute atomic E-state index is 15.9. The van der Waals surface area contributed by atoms with Gasteiger partial charge in [-0.15, -0.1) is 0 Å². The van der Waals surface area contributed by atoms with Crippen molar-refractivity contribution in [2.75, 3.05) is 95.5 Å². The Hall–Kier alpha value is -8.47. The fraction of sp³-hybridized carbons (Fsp3) is 0.394. The zero-order valence-corrected chi connectivity index (χ0v) is 52.8. The summed E-state index contributed by atoms with van der Waals surface area (Å²) >= 11 is 6.36. The minimum atomic E-state index is -0.830. The highest BCUT2D eigenvalue weighted by atomic mass is 35.5.